The molecular formula is C17H16N8O. The highest BCUT2D eigenvalue weighted by Gasteiger charge is 2.10. The van der Waals surface area contributed by atoms with Gasteiger partial charge in [0.2, 0.25) is 0 Å². The van der Waals surface area contributed by atoms with Crippen LogP contribution in [0.25, 0.3) is 16.7 Å². The average molecular weight is 348 g/mol. The SMILES string of the molecule is Cc1[nH]nc2ncc(NC(=O)NCc3nncn3-c3ccccc3)cc12. The molecule has 0 aliphatic rings. The molecule has 3 aromatic heterocycles. The van der Waals surface area contributed by atoms with E-state index >= 15 is 0 Å². The molecule has 26 heavy (non-hydrogen) atoms. The summed E-state index contributed by atoms with van der Waals surface area (Å²) >= 11 is 0. The van der Waals surface area contributed by atoms with Crippen LogP contribution in [0.4, 0.5) is 10.5 Å². The van der Waals surface area contributed by atoms with Gasteiger partial charge in [-0.3, -0.25) is 9.67 Å². The minimum Gasteiger partial charge on any atom is -0.331 e. The maximum Gasteiger partial charge on any atom is 0.319 e. The van der Waals surface area contributed by atoms with Crippen molar-refractivity contribution in [3.63, 3.8) is 0 Å². The van der Waals surface area contributed by atoms with Crippen molar-refractivity contribution in [2.45, 2.75) is 13.5 Å². The number of H-pyrrole nitrogens is 1. The van der Waals surface area contributed by atoms with E-state index in [4.69, 9.17) is 0 Å². The zero-order valence-electron chi connectivity index (χ0n) is 14.0. The minimum atomic E-state index is -0.352. The summed E-state index contributed by atoms with van der Waals surface area (Å²) in [5.74, 6) is 0.630. The van der Waals surface area contributed by atoms with E-state index in [2.05, 4.69) is 36.0 Å². The summed E-state index contributed by atoms with van der Waals surface area (Å²) in [6, 6.07) is 11.2. The maximum absolute atomic E-state index is 12.2. The van der Waals surface area contributed by atoms with Gasteiger partial charge >= 0.3 is 6.03 Å². The van der Waals surface area contributed by atoms with Crippen molar-refractivity contribution >= 4 is 22.8 Å². The fraction of sp³-hybridized carbons (Fsp3) is 0.118. The van der Waals surface area contributed by atoms with E-state index in [9.17, 15) is 4.79 Å². The van der Waals surface area contributed by atoms with Gasteiger partial charge in [-0.05, 0) is 25.1 Å². The lowest BCUT2D eigenvalue weighted by molar-refractivity contribution is 0.251. The molecule has 3 heterocycles. The Morgan fingerprint density at radius 2 is 2.12 bits per heavy atom. The number of carbonyl (C=O) groups excluding carboxylic acids is 1. The highest BCUT2D eigenvalue weighted by molar-refractivity contribution is 5.91. The first-order valence-electron chi connectivity index (χ1n) is 8.00. The van der Waals surface area contributed by atoms with Gasteiger partial charge in [-0.25, -0.2) is 9.78 Å². The summed E-state index contributed by atoms with van der Waals surface area (Å²) in [6.07, 6.45) is 3.18. The number of hydrogen-bond donors (Lipinski definition) is 3. The first-order chi connectivity index (χ1) is 12.7. The second kappa shape index (κ2) is 6.63. The molecule has 0 fully saturated rings. The van der Waals surface area contributed by atoms with E-state index in [1.807, 2.05) is 47.9 Å². The predicted octanol–water partition coefficient (Wildman–Crippen LogP) is 2.17. The number of fused-ring (bicyclic) bond motifs is 1. The third-order valence-corrected chi connectivity index (χ3v) is 3.92. The fourth-order valence-electron chi connectivity index (χ4n) is 2.61. The Bertz CT molecular complexity index is 1050. The molecular weight excluding hydrogens is 332 g/mol. The quantitative estimate of drug-likeness (QED) is 0.523. The fourth-order valence-corrected chi connectivity index (χ4v) is 2.61. The number of amides is 2. The highest BCUT2D eigenvalue weighted by atomic mass is 16.2. The largest absolute Gasteiger partial charge is 0.331 e. The number of aromatic amines is 1. The molecule has 0 unspecified atom stereocenters. The number of benzene rings is 1. The van der Waals surface area contributed by atoms with Crippen molar-refractivity contribution in [1.82, 2.24) is 35.3 Å². The van der Waals surface area contributed by atoms with Gasteiger partial charge in [-0.15, -0.1) is 10.2 Å². The van der Waals surface area contributed by atoms with Crippen LogP contribution in [0.5, 0.6) is 0 Å². The molecule has 0 bridgehead atoms. The molecule has 2 amide bonds. The zero-order valence-corrected chi connectivity index (χ0v) is 14.0. The van der Waals surface area contributed by atoms with Crippen LogP contribution in [-0.4, -0.2) is 36.0 Å². The van der Waals surface area contributed by atoms with Crippen LogP contribution in [0.15, 0.2) is 48.9 Å². The molecule has 0 aliphatic carbocycles. The Morgan fingerprint density at radius 1 is 1.27 bits per heavy atom. The maximum atomic E-state index is 12.2. The minimum absolute atomic E-state index is 0.237. The number of urea groups is 1. The van der Waals surface area contributed by atoms with E-state index in [1.54, 1.807) is 12.5 Å². The highest BCUT2D eigenvalue weighted by Crippen LogP contribution is 2.17. The molecule has 0 atom stereocenters. The normalized spacial score (nSPS) is 10.8. The Morgan fingerprint density at radius 3 is 2.96 bits per heavy atom. The van der Waals surface area contributed by atoms with E-state index < -0.39 is 0 Å². The summed E-state index contributed by atoms with van der Waals surface area (Å²) in [7, 11) is 0. The molecule has 4 aromatic rings. The van der Waals surface area contributed by atoms with Crippen LogP contribution < -0.4 is 10.6 Å². The van der Waals surface area contributed by atoms with Gasteiger partial charge in [-0.1, -0.05) is 18.2 Å². The predicted molar refractivity (Wildman–Crippen MR) is 95.8 cm³/mol. The molecule has 0 aliphatic heterocycles. The van der Waals surface area contributed by atoms with Crippen molar-refractivity contribution in [1.29, 1.82) is 0 Å². The molecule has 0 saturated heterocycles. The second-order valence-electron chi connectivity index (χ2n) is 5.70. The standard InChI is InChI=1S/C17H16N8O/c1-11-14-7-12(8-18-16(14)24-22-11)21-17(26)19-9-15-23-20-10-25(15)13-5-3-2-4-6-13/h2-8,10H,9H2,1H3,(H,18,22,24)(H2,19,21,26). The zero-order chi connectivity index (χ0) is 17.9. The van der Waals surface area contributed by atoms with Crippen molar-refractivity contribution in [2.24, 2.45) is 0 Å². The van der Waals surface area contributed by atoms with Gasteiger partial charge < -0.3 is 10.6 Å². The van der Waals surface area contributed by atoms with Gasteiger partial charge in [0.15, 0.2) is 11.5 Å². The summed E-state index contributed by atoms with van der Waals surface area (Å²) in [5, 5.41) is 21.3. The molecule has 0 saturated carbocycles. The molecule has 0 radical (unpaired) electrons. The summed E-state index contributed by atoms with van der Waals surface area (Å²) in [6.45, 7) is 2.14. The van der Waals surface area contributed by atoms with Crippen molar-refractivity contribution in [3.05, 3.63) is 60.4 Å². The third-order valence-electron chi connectivity index (χ3n) is 3.92. The summed E-state index contributed by atoms with van der Waals surface area (Å²) < 4.78 is 1.82. The molecule has 1 aromatic carbocycles. The van der Waals surface area contributed by atoms with Crippen LogP contribution >= 0.6 is 0 Å². The van der Waals surface area contributed by atoms with Gasteiger partial charge in [0, 0.05) is 16.8 Å². The molecule has 0 spiro atoms. The van der Waals surface area contributed by atoms with Gasteiger partial charge in [0.05, 0.1) is 18.4 Å². The van der Waals surface area contributed by atoms with Crippen molar-refractivity contribution in [3.8, 4) is 5.69 Å². The number of nitrogens with zero attached hydrogens (tertiary/aromatic N) is 5. The average Bonchev–Trinajstić information content (AvgIpc) is 3.28. The van der Waals surface area contributed by atoms with Crippen LogP contribution in [0.3, 0.4) is 0 Å². The molecule has 130 valence electrons. The Balaban J connectivity index is 1.43. The number of anilines is 1. The number of hydrogen-bond acceptors (Lipinski definition) is 5. The lowest BCUT2D eigenvalue weighted by atomic mass is 10.2. The molecule has 9 heteroatoms. The number of rotatable bonds is 4. The Hall–Kier alpha value is -3.75. The van der Waals surface area contributed by atoms with Crippen LogP contribution in [0.1, 0.15) is 11.5 Å². The number of carbonyl (C=O) groups is 1. The van der Waals surface area contributed by atoms with Crippen LogP contribution in [-0.2, 0) is 6.54 Å². The topological polar surface area (TPSA) is 113 Å². The van der Waals surface area contributed by atoms with Crippen molar-refractivity contribution < 1.29 is 4.79 Å². The van der Waals surface area contributed by atoms with Crippen LogP contribution in [0.2, 0.25) is 0 Å². The van der Waals surface area contributed by atoms with Crippen molar-refractivity contribution in [2.75, 3.05) is 5.32 Å². The number of para-hydroxylation sites is 1. The van der Waals surface area contributed by atoms with Gasteiger partial charge in [0.25, 0.3) is 0 Å². The lowest BCUT2D eigenvalue weighted by Gasteiger charge is -2.09. The summed E-state index contributed by atoms with van der Waals surface area (Å²) in [4.78, 5) is 16.4. The molecule has 3 N–H and O–H groups in total. The molecule has 9 nitrogen and oxygen atoms in total. The summed E-state index contributed by atoms with van der Waals surface area (Å²) in [5.41, 5.74) is 3.03. The Labute approximate surface area is 148 Å². The number of pyridine rings is 1. The first kappa shape index (κ1) is 15.8. The van der Waals surface area contributed by atoms with Crippen LogP contribution in [0, 0.1) is 6.92 Å². The first-order valence-corrected chi connectivity index (χ1v) is 8.00. The third kappa shape index (κ3) is 3.09. The number of aromatic nitrogens is 6. The monoisotopic (exact) mass is 348 g/mol. The molecule has 4 rings (SSSR count). The van der Waals surface area contributed by atoms with E-state index in [1.165, 1.54) is 0 Å². The Kier molecular flexibility index (Phi) is 4.02. The van der Waals surface area contributed by atoms with E-state index in [-0.39, 0.29) is 12.6 Å². The number of nitrogens with one attached hydrogen (secondary N) is 3. The lowest BCUT2D eigenvalue weighted by Crippen LogP contribution is -2.29. The van der Waals surface area contributed by atoms with E-state index in [0.29, 0.717) is 17.2 Å². The van der Waals surface area contributed by atoms with Gasteiger partial charge in [-0.2, -0.15) is 5.10 Å². The second-order valence-corrected chi connectivity index (χ2v) is 5.70. The smallest absolute Gasteiger partial charge is 0.319 e. The van der Waals surface area contributed by atoms with E-state index in [0.717, 1.165) is 16.8 Å². The number of aryl methyl sites for hydroxylation is 1. The van der Waals surface area contributed by atoms with Gasteiger partial charge in [0.1, 0.15) is 6.33 Å².